The summed E-state index contributed by atoms with van der Waals surface area (Å²) in [7, 11) is 1.89. The number of fused-ring (bicyclic) bond motifs is 1. The van der Waals surface area contributed by atoms with Gasteiger partial charge < -0.3 is 10.4 Å². The predicted molar refractivity (Wildman–Crippen MR) is 105 cm³/mol. The number of benzene rings is 1. The number of aromatic nitrogens is 2. The second-order valence-corrected chi connectivity index (χ2v) is 7.31. The normalized spacial score (nSPS) is 17.9. The van der Waals surface area contributed by atoms with E-state index >= 15 is 0 Å². The molecule has 2 aromatic rings. The monoisotopic (exact) mass is 441 g/mol. The minimum Gasteiger partial charge on any atom is -0.475 e. The molecule has 2 fully saturated rings. The average molecular weight is 441 g/mol. The van der Waals surface area contributed by atoms with Crippen LogP contribution in [0.2, 0.25) is 0 Å². The summed E-state index contributed by atoms with van der Waals surface area (Å²) >= 11 is 0. The largest absolute Gasteiger partial charge is 0.490 e. The minimum atomic E-state index is -5.08. The standard InChI is InChI=1S/C17H21N5O2.C2HF3O2/c1-21-14-10-12(11-4-7-18-8-5-11)2-3-13(14)16(20-21)22-9-6-15(23)19-17(22)24;3-2(4,5)1(6)7/h2-3,10-11,18H,4-9H2,1H3,(H,19,23,24);(H,6,7). The number of anilines is 1. The van der Waals surface area contributed by atoms with Gasteiger partial charge in [0.25, 0.3) is 0 Å². The van der Waals surface area contributed by atoms with Crippen molar-refractivity contribution in [2.75, 3.05) is 24.5 Å². The molecule has 168 valence electrons. The molecule has 0 atom stereocenters. The van der Waals surface area contributed by atoms with Crippen LogP contribution in [0.4, 0.5) is 23.8 Å². The summed E-state index contributed by atoms with van der Waals surface area (Å²) in [6.07, 6.45) is -2.49. The van der Waals surface area contributed by atoms with E-state index in [1.807, 2.05) is 11.7 Å². The lowest BCUT2D eigenvalue weighted by molar-refractivity contribution is -0.192. The van der Waals surface area contributed by atoms with Crippen molar-refractivity contribution >= 4 is 34.6 Å². The maximum atomic E-state index is 12.1. The predicted octanol–water partition coefficient (Wildman–Crippen LogP) is 2.12. The first-order valence-corrected chi connectivity index (χ1v) is 9.66. The first kappa shape index (κ1) is 22.5. The Morgan fingerprint density at radius 2 is 1.87 bits per heavy atom. The molecule has 3 heterocycles. The van der Waals surface area contributed by atoms with E-state index in [9.17, 15) is 22.8 Å². The lowest BCUT2D eigenvalue weighted by Gasteiger charge is -2.25. The van der Waals surface area contributed by atoms with Crippen LogP contribution >= 0.6 is 0 Å². The number of aliphatic carboxylic acids is 1. The van der Waals surface area contributed by atoms with Crippen molar-refractivity contribution in [3.63, 3.8) is 0 Å². The summed E-state index contributed by atoms with van der Waals surface area (Å²) in [6.45, 7) is 2.48. The molecule has 2 aliphatic heterocycles. The van der Waals surface area contributed by atoms with E-state index in [1.165, 1.54) is 5.56 Å². The van der Waals surface area contributed by atoms with Gasteiger partial charge in [-0.05, 0) is 49.5 Å². The van der Waals surface area contributed by atoms with Crippen molar-refractivity contribution in [2.45, 2.75) is 31.4 Å². The van der Waals surface area contributed by atoms with Crippen molar-refractivity contribution in [2.24, 2.45) is 7.05 Å². The number of halogens is 3. The van der Waals surface area contributed by atoms with E-state index in [0.29, 0.717) is 24.7 Å². The van der Waals surface area contributed by atoms with Gasteiger partial charge in [-0.25, -0.2) is 9.59 Å². The molecule has 0 unspecified atom stereocenters. The Morgan fingerprint density at radius 1 is 1.23 bits per heavy atom. The lowest BCUT2D eigenvalue weighted by atomic mass is 9.90. The Kier molecular flexibility index (Phi) is 6.48. The number of urea groups is 1. The molecule has 0 saturated carbocycles. The Labute approximate surface area is 175 Å². The van der Waals surface area contributed by atoms with Gasteiger partial charge in [0.05, 0.1) is 5.52 Å². The van der Waals surface area contributed by atoms with Crippen LogP contribution in [0, 0.1) is 0 Å². The maximum Gasteiger partial charge on any atom is 0.490 e. The molecule has 2 aliphatic rings. The summed E-state index contributed by atoms with van der Waals surface area (Å²) in [5, 5.41) is 18.4. The quantitative estimate of drug-likeness (QED) is 0.658. The zero-order chi connectivity index (χ0) is 22.8. The minimum absolute atomic E-state index is 0.232. The summed E-state index contributed by atoms with van der Waals surface area (Å²) < 4.78 is 33.6. The Morgan fingerprint density at radius 3 is 2.45 bits per heavy atom. The van der Waals surface area contributed by atoms with Crippen LogP contribution in [-0.4, -0.2) is 58.6 Å². The number of amides is 3. The number of hydrogen-bond acceptors (Lipinski definition) is 5. The zero-order valence-electron chi connectivity index (χ0n) is 16.7. The lowest BCUT2D eigenvalue weighted by Crippen LogP contribution is -2.49. The Hall–Kier alpha value is -3.15. The molecule has 0 radical (unpaired) electrons. The highest BCUT2D eigenvalue weighted by molar-refractivity contribution is 6.08. The summed E-state index contributed by atoms with van der Waals surface area (Å²) in [4.78, 5) is 33.9. The molecule has 3 amide bonds. The van der Waals surface area contributed by atoms with Crippen molar-refractivity contribution < 1.29 is 32.7 Å². The van der Waals surface area contributed by atoms with Gasteiger partial charge in [0, 0.05) is 25.4 Å². The fourth-order valence-corrected chi connectivity index (χ4v) is 3.63. The molecule has 12 heteroatoms. The van der Waals surface area contributed by atoms with Gasteiger partial charge in [-0.15, -0.1) is 0 Å². The number of carboxylic acids is 1. The molecule has 1 aromatic carbocycles. The number of carbonyl (C=O) groups excluding carboxylic acids is 2. The van der Waals surface area contributed by atoms with Crippen LogP contribution in [0.5, 0.6) is 0 Å². The number of imide groups is 1. The van der Waals surface area contributed by atoms with E-state index < -0.39 is 18.2 Å². The van der Waals surface area contributed by atoms with Gasteiger partial charge in [-0.1, -0.05) is 6.07 Å². The number of nitrogens with one attached hydrogen (secondary N) is 2. The van der Waals surface area contributed by atoms with Gasteiger partial charge in [0.1, 0.15) is 0 Å². The highest BCUT2D eigenvalue weighted by atomic mass is 19.4. The van der Waals surface area contributed by atoms with Crippen LogP contribution in [0.3, 0.4) is 0 Å². The van der Waals surface area contributed by atoms with Crippen LogP contribution in [-0.2, 0) is 16.6 Å². The summed E-state index contributed by atoms with van der Waals surface area (Å²) in [5.74, 6) is -1.79. The van der Waals surface area contributed by atoms with E-state index in [4.69, 9.17) is 9.90 Å². The summed E-state index contributed by atoms with van der Waals surface area (Å²) in [5.41, 5.74) is 2.35. The Bertz CT molecular complexity index is 998. The molecular formula is C19H22F3N5O4. The van der Waals surface area contributed by atoms with Crippen LogP contribution < -0.4 is 15.5 Å². The molecule has 1 aromatic heterocycles. The fourth-order valence-electron chi connectivity index (χ4n) is 3.63. The number of piperidine rings is 1. The molecule has 3 N–H and O–H groups in total. The number of alkyl halides is 3. The van der Waals surface area contributed by atoms with Crippen molar-refractivity contribution in [3.05, 3.63) is 23.8 Å². The third kappa shape index (κ3) is 5.13. The molecule has 9 nitrogen and oxygen atoms in total. The molecule has 0 spiro atoms. The topological polar surface area (TPSA) is 117 Å². The van der Waals surface area contributed by atoms with Crippen LogP contribution in [0.15, 0.2) is 18.2 Å². The third-order valence-corrected chi connectivity index (χ3v) is 5.22. The fraction of sp³-hybridized carbons (Fsp3) is 0.474. The second kappa shape index (κ2) is 8.92. The smallest absolute Gasteiger partial charge is 0.475 e. The van der Waals surface area contributed by atoms with Gasteiger partial charge >= 0.3 is 18.2 Å². The number of hydrogen-bond donors (Lipinski definition) is 3. The first-order chi connectivity index (χ1) is 14.6. The number of nitrogens with zero attached hydrogens (tertiary/aromatic N) is 3. The van der Waals surface area contributed by atoms with Gasteiger partial charge in [-0.3, -0.25) is 19.7 Å². The molecule has 0 aliphatic carbocycles. The van der Waals surface area contributed by atoms with Crippen LogP contribution in [0.25, 0.3) is 10.9 Å². The summed E-state index contributed by atoms with van der Waals surface area (Å²) in [6, 6.07) is 6.00. The van der Waals surface area contributed by atoms with Crippen molar-refractivity contribution in [1.82, 2.24) is 20.4 Å². The van der Waals surface area contributed by atoms with E-state index in [1.54, 1.807) is 4.90 Å². The molecular weight excluding hydrogens is 419 g/mol. The zero-order valence-corrected chi connectivity index (χ0v) is 16.7. The highest BCUT2D eigenvalue weighted by Gasteiger charge is 2.38. The highest BCUT2D eigenvalue weighted by Crippen LogP contribution is 2.32. The number of aryl methyl sites for hydroxylation is 1. The first-order valence-electron chi connectivity index (χ1n) is 9.66. The van der Waals surface area contributed by atoms with Crippen molar-refractivity contribution in [3.8, 4) is 0 Å². The molecule has 4 rings (SSSR count). The van der Waals surface area contributed by atoms with E-state index in [0.717, 1.165) is 36.8 Å². The number of carboxylic acid groups (broad SMARTS) is 1. The second-order valence-electron chi connectivity index (χ2n) is 7.31. The van der Waals surface area contributed by atoms with Gasteiger partial charge in [-0.2, -0.15) is 18.3 Å². The average Bonchev–Trinajstić information content (AvgIpc) is 3.04. The number of carbonyl (C=O) groups is 3. The van der Waals surface area contributed by atoms with Gasteiger partial charge in [0.2, 0.25) is 5.91 Å². The SMILES string of the molecule is Cn1nc(N2CCC(=O)NC2=O)c2ccc(C3CCNCC3)cc21.O=C(O)C(F)(F)F. The van der Waals surface area contributed by atoms with Crippen molar-refractivity contribution in [1.29, 1.82) is 0 Å². The Balaban J connectivity index is 0.000000339. The molecule has 2 saturated heterocycles. The maximum absolute atomic E-state index is 12.1. The number of rotatable bonds is 2. The molecule has 0 bridgehead atoms. The molecule has 31 heavy (non-hydrogen) atoms. The van der Waals surface area contributed by atoms with Gasteiger partial charge in [0.15, 0.2) is 5.82 Å². The van der Waals surface area contributed by atoms with E-state index in [2.05, 4.69) is 33.9 Å². The van der Waals surface area contributed by atoms with Crippen LogP contribution in [0.1, 0.15) is 30.7 Å². The van der Waals surface area contributed by atoms with E-state index in [-0.39, 0.29) is 5.91 Å². The third-order valence-electron chi connectivity index (χ3n) is 5.22.